The van der Waals surface area contributed by atoms with Crippen molar-refractivity contribution in [3.63, 3.8) is 0 Å². The van der Waals surface area contributed by atoms with E-state index in [1.54, 1.807) is 17.3 Å². The summed E-state index contributed by atoms with van der Waals surface area (Å²) in [5, 5.41) is 0. The third-order valence-electron chi connectivity index (χ3n) is 7.33. The predicted octanol–water partition coefficient (Wildman–Crippen LogP) is 1.41. The smallest absolute Gasteiger partial charge is 0.233 e. The van der Waals surface area contributed by atoms with Crippen molar-refractivity contribution in [3.05, 3.63) is 18.5 Å². The van der Waals surface area contributed by atoms with Crippen LogP contribution in [-0.2, 0) is 9.59 Å². The number of carbonyl (C=O) groups is 2. The van der Waals surface area contributed by atoms with Gasteiger partial charge in [0.15, 0.2) is 0 Å². The van der Waals surface area contributed by atoms with E-state index in [1.165, 1.54) is 0 Å². The van der Waals surface area contributed by atoms with Crippen LogP contribution in [0.4, 0.5) is 5.95 Å². The number of hydrogen-bond donors (Lipinski definition) is 0. The molecule has 150 valence electrons. The first-order chi connectivity index (χ1) is 13.7. The molecule has 1 unspecified atom stereocenters. The highest BCUT2D eigenvalue weighted by molar-refractivity contribution is 6.06. The van der Waals surface area contributed by atoms with Crippen molar-refractivity contribution in [2.24, 2.45) is 23.7 Å². The molecule has 1 aromatic rings. The van der Waals surface area contributed by atoms with Gasteiger partial charge in [-0.05, 0) is 56.6 Å². The van der Waals surface area contributed by atoms with Gasteiger partial charge in [0.05, 0.1) is 11.8 Å². The molecule has 7 nitrogen and oxygen atoms in total. The molecular weight excluding hydrogens is 354 g/mol. The number of aromatic nitrogens is 2. The molecule has 4 fully saturated rings. The first-order valence-electron chi connectivity index (χ1n) is 10.8. The molecule has 2 aliphatic heterocycles. The number of likely N-dealkylation sites (tertiary alicyclic amines) is 1. The van der Waals surface area contributed by atoms with Crippen molar-refractivity contribution < 1.29 is 9.59 Å². The van der Waals surface area contributed by atoms with Crippen molar-refractivity contribution in [3.8, 4) is 0 Å². The second kappa shape index (κ2) is 7.43. The number of unbranched alkanes of at least 4 members (excludes halogenated alkanes) is 1. The summed E-state index contributed by atoms with van der Waals surface area (Å²) in [6.45, 7) is 5.54. The largest absolute Gasteiger partial charge is 0.338 e. The van der Waals surface area contributed by atoms with Crippen LogP contribution in [0.1, 0.15) is 32.1 Å². The lowest BCUT2D eigenvalue weighted by Crippen LogP contribution is -2.47. The van der Waals surface area contributed by atoms with Gasteiger partial charge in [0.2, 0.25) is 17.8 Å². The van der Waals surface area contributed by atoms with E-state index >= 15 is 0 Å². The van der Waals surface area contributed by atoms with Crippen LogP contribution in [-0.4, -0.2) is 70.9 Å². The maximum atomic E-state index is 12.7. The Balaban J connectivity index is 1.05. The molecule has 3 heterocycles. The molecular formula is C21H29N5O2. The third kappa shape index (κ3) is 3.09. The average Bonchev–Trinajstić information content (AvgIpc) is 3.41. The van der Waals surface area contributed by atoms with E-state index in [9.17, 15) is 9.59 Å². The first-order valence-corrected chi connectivity index (χ1v) is 10.8. The van der Waals surface area contributed by atoms with E-state index in [-0.39, 0.29) is 23.7 Å². The summed E-state index contributed by atoms with van der Waals surface area (Å²) in [6, 6.07) is 1.84. The summed E-state index contributed by atoms with van der Waals surface area (Å²) < 4.78 is 0. The van der Waals surface area contributed by atoms with Crippen LogP contribution in [0, 0.1) is 23.7 Å². The van der Waals surface area contributed by atoms with Crippen molar-refractivity contribution in [1.82, 2.24) is 19.8 Å². The van der Waals surface area contributed by atoms with Crippen LogP contribution in [0.5, 0.6) is 0 Å². The van der Waals surface area contributed by atoms with Gasteiger partial charge in [0.1, 0.15) is 0 Å². The normalized spacial score (nSPS) is 32.4. The Morgan fingerprint density at radius 1 is 0.857 bits per heavy atom. The Labute approximate surface area is 166 Å². The minimum absolute atomic E-state index is 0.0273. The summed E-state index contributed by atoms with van der Waals surface area (Å²) in [4.78, 5) is 40.4. The van der Waals surface area contributed by atoms with Gasteiger partial charge in [-0.1, -0.05) is 0 Å². The van der Waals surface area contributed by atoms with Crippen LogP contribution in [0.25, 0.3) is 0 Å². The zero-order valence-corrected chi connectivity index (χ0v) is 16.4. The molecule has 2 aliphatic carbocycles. The SMILES string of the molecule is O=C1[C@H]2[C@@H]3CCC(C3)[C@H]2C(=O)N1CCCCN1CCN(c2ncccn2)CC1. The van der Waals surface area contributed by atoms with Crippen molar-refractivity contribution in [1.29, 1.82) is 0 Å². The number of anilines is 1. The Hall–Kier alpha value is -2.02. The van der Waals surface area contributed by atoms with E-state index in [0.717, 1.165) is 70.8 Å². The minimum atomic E-state index is 0.0273. The van der Waals surface area contributed by atoms with E-state index in [0.29, 0.717) is 18.4 Å². The Bertz CT molecular complexity index is 706. The van der Waals surface area contributed by atoms with Gasteiger partial charge in [-0.2, -0.15) is 0 Å². The summed E-state index contributed by atoms with van der Waals surface area (Å²) >= 11 is 0. The molecule has 5 rings (SSSR count). The van der Waals surface area contributed by atoms with Gasteiger partial charge in [-0.3, -0.25) is 19.4 Å². The first kappa shape index (κ1) is 18.0. The molecule has 0 N–H and O–H groups in total. The van der Waals surface area contributed by atoms with Crippen LogP contribution in [0.2, 0.25) is 0 Å². The quantitative estimate of drug-likeness (QED) is 0.546. The summed E-state index contributed by atoms with van der Waals surface area (Å²) in [5.74, 6) is 2.12. The standard InChI is InChI=1S/C21H29N5O2/c27-19-17-15-4-5-16(14-15)18(17)20(28)26(19)9-2-1-8-24-10-12-25(13-11-24)21-22-6-3-7-23-21/h3,6-7,15-18H,1-2,4-5,8-14H2/t15-,16?,17+,18-/m1/s1. The molecule has 0 radical (unpaired) electrons. The van der Waals surface area contributed by atoms with Crippen LogP contribution >= 0.6 is 0 Å². The molecule has 1 aromatic heterocycles. The molecule has 2 bridgehead atoms. The number of rotatable bonds is 6. The maximum absolute atomic E-state index is 12.7. The van der Waals surface area contributed by atoms with Gasteiger partial charge in [-0.25, -0.2) is 9.97 Å². The highest BCUT2D eigenvalue weighted by Gasteiger charge is 2.60. The Morgan fingerprint density at radius 3 is 2.11 bits per heavy atom. The summed E-state index contributed by atoms with van der Waals surface area (Å²) in [7, 11) is 0. The fraction of sp³-hybridized carbons (Fsp3) is 0.714. The van der Waals surface area contributed by atoms with Crippen LogP contribution < -0.4 is 4.90 Å². The number of piperazine rings is 1. The highest BCUT2D eigenvalue weighted by atomic mass is 16.2. The number of hydrogen-bond acceptors (Lipinski definition) is 6. The Kier molecular flexibility index (Phi) is 4.78. The second-order valence-corrected chi connectivity index (χ2v) is 8.80. The molecule has 0 aromatic carbocycles. The molecule has 0 spiro atoms. The molecule has 4 aliphatic rings. The fourth-order valence-electron chi connectivity index (χ4n) is 5.92. The maximum Gasteiger partial charge on any atom is 0.233 e. The molecule has 2 amide bonds. The van der Waals surface area contributed by atoms with E-state index in [2.05, 4.69) is 19.8 Å². The van der Waals surface area contributed by atoms with Gasteiger partial charge in [0.25, 0.3) is 0 Å². The number of imide groups is 1. The van der Waals surface area contributed by atoms with Crippen LogP contribution in [0.3, 0.4) is 0 Å². The molecule has 2 saturated heterocycles. The highest BCUT2D eigenvalue weighted by Crippen LogP contribution is 2.56. The predicted molar refractivity (Wildman–Crippen MR) is 104 cm³/mol. The Morgan fingerprint density at radius 2 is 1.46 bits per heavy atom. The molecule has 7 heteroatoms. The number of fused-ring (bicyclic) bond motifs is 5. The van der Waals surface area contributed by atoms with E-state index < -0.39 is 0 Å². The van der Waals surface area contributed by atoms with E-state index in [1.807, 2.05) is 6.07 Å². The van der Waals surface area contributed by atoms with Gasteiger partial charge >= 0.3 is 0 Å². The number of amides is 2. The van der Waals surface area contributed by atoms with Crippen LogP contribution in [0.15, 0.2) is 18.5 Å². The van der Waals surface area contributed by atoms with Gasteiger partial charge in [-0.15, -0.1) is 0 Å². The lowest BCUT2D eigenvalue weighted by atomic mass is 9.81. The lowest BCUT2D eigenvalue weighted by molar-refractivity contribution is -0.140. The number of carbonyl (C=O) groups excluding carboxylic acids is 2. The fourth-order valence-corrected chi connectivity index (χ4v) is 5.92. The van der Waals surface area contributed by atoms with Crippen molar-refractivity contribution in [2.75, 3.05) is 44.2 Å². The average molecular weight is 383 g/mol. The van der Waals surface area contributed by atoms with Gasteiger partial charge in [0, 0.05) is 45.1 Å². The second-order valence-electron chi connectivity index (χ2n) is 8.80. The monoisotopic (exact) mass is 383 g/mol. The lowest BCUT2D eigenvalue weighted by Gasteiger charge is -2.34. The zero-order valence-electron chi connectivity index (χ0n) is 16.4. The van der Waals surface area contributed by atoms with E-state index in [4.69, 9.17) is 0 Å². The summed E-state index contributed by atoms with van der Waals surface area (Å²) in [6.07, 6.45) is 8.93. The molecule has 2 saturated carbocycles. The topological polar surface area (TPSA) is 69.6 Å². The zero-order chi connectivity index (χ0) is 19.1. The van der Waals surface area contributed by atoms with Gasteiger partial charge < -0.3 is 4.90 Å². The minimum Gasteiger partial charge on any atom is -0.338 e. The number of nitrogens with zero attached hydrogens (tertiary/aromatic N) is 5. The van der Waals surface area contributed by atoms with Crippen molar-refractivity contribution in [2.45, 2.75) is 32.1 Å². The van der Waals surface area contributed by atoms with Crippen molar-refractivity contribution >= 4 is 17.8 Å². The molecule has 4 atom stereocenters. The third-order valence-corrected chi connectivity index (χ3v) is 7.33. The summed E-state index contributed by atoms with van der Waals surface area (Å²) in [5.41, 5.74) is 0. The molecule has 28 heavy (non-hydrogen) atoms.